The number of benzene rings is 1. The number of aromatic nitrogens is 1. The van der Waals surface area contributed by atoms with Gasteiger partial charge < -0.3 is 15.6 Å². The maximum atomic E-state index is 10.8. The quantitative estimate of drug-likeness (QED) is 0.213. The number of carboxylic acids is 1. The Labute approximate surface area is 132 Å². The van der Waals surface area contributed by atoms with Crippen LogP contribution in [0.4, 0.5) is 0 Å². The Morgan fingerprint density at radius 2 is 1.96 bits per heavy atom. The molecule has 1 aromatic heterocycles. The smallest absolute Gasteiger partial charge is 0.357 e. The van der Waals surface area contributed by atoms with Crippen molar-refractivity contribution in [1.29, 1.82) is 0 Å². The molecule has 0 atom stereocenters. The van der Waals surface area contributed by atoms with Crippen LogP contribution in [0.1, 0.15) is 11.1 Å². The lowest BCUT2D eigenvalue weighted by molar-refractivity contribution is -0.132. The van der Waals surface area contributed by atoms with Gasteiger partial charge in [-0.25, -0.2) is 10.6 Å². The van der Waals surface area contributed by atoms with Crippen molar-refractivity contribution in [2.24, 2.45) is 11.6 Å². The fourth-order valence-corrected chi connectivity index (χ4v) is 1.60. The first kappa shape index (κ1) is 15.9. The minimum absolute atomic E-state index is 0.255. The number of pyridine rings is 1. The molecule has 0 bridgehead atoms. The number of rotatable bonds is 4. The van der Waals surface area contributed by atoms with Crippen molar-refractivity contribution in [3.63, 3.8) is 0 Å². The van der Waals surface area contributed by atoms with Gasteiger partial charge >= 0.3 is 5.97 Å². The number of nitrogens with two attached hydrogens (primary N) is 2. The van der Waals surface area contributed by atoms with Crippen LogP contribution in [0.15, 0.2) is 60.4 Å². The van der Waals surface area contributed by atoms with Crippen molar-refractivity contribution in [3.8, 4) is 17.6 Å². The SMILES string of the molecule is NN/C(Oc1cccc(C#Cc2cccnc2)c1)=C(\N)C(=O)O. The van der Waals surface area contributed by atoms with Crippen molar-refractivity contribution in [1.82, 2.24) is 10.4 Å². The van der Waals surface area contributed by atoms with E-state index >= 15 is 0 Å². The molecule has 6 N–H and O–H groups in total. The first-order valence-corrected chi connectivity index (χ1v) is 6.50. The van der Waals surface area contributed by atoms with Gasteiger partial charge in [-0.05, 0) is 30.3 Å². The van der Waals surface area contributed by atoms with E-state index in [0.29, 0.717) is 11.3 Å². The van der Waals surface area contributed by atoms with Gasteiger partial charge in [-0.2, -0.15) is 0 Å². The van der Waals surface area contributed by atoms with E-state index in [1.54, 1.807) is 42.7 Å². The summed E-state index contributed by atoms with van der Waals surface area (Å²) in [5.74, 6) is 9.89. The van der Waals surface area contributed by atoms with Crippen LogP contribution in [-0.2, 0) is 4.79 Å². The van der Waals surface area contributed by atoms with Crippen molar-refractivity contribution in [2.75, 3.05) is 0 Å². The number of ether oxygens (including phenoxy) is 1. The van der Waals surface area contributed by atoms with Gasteiger partial charge in [0.15, 0.2) is 5.70 Å². The zero-order valence-corrected chi connectivity index (χ0v) is 12.0. The van der Waals surface area contributed by atoms with E-state index in [4.69, 9.17) is 21.4 Å². The molecule has 1 aromatic carbocycles. The van der Waals surface area contributed by atoms with Gasteiger partial charge in [0.2, 0.25) is 5.88 Å². The molecule has 0 fully saturated rings. The molecule has 0 radical (unpaired) electrons. The average molecular weight is 310 g/mol. The highest BCUT2D eigenvalue weighted by Gasteiger charge is 2.12. The largest absolute Gasteiger partial charge is 0.476 e. The topological polar surface area (TPSA) is 123 Å². The lowest BCUT2D eigenvalue weighted by atomic mass is 10.2. The van der Waals surface area contributed by atoms with Crippen molar-refractivity contribution < 1.29 is 14.6 Å². The molecule has 2 aromatic rings. The molecule has 1 heterocycles. The van der Waals surface area contributed by atoms with Gasteiger partial charge in [0.1, 0.15) is 5.75 Å². The minimum Gasteiger partial charge on any atom is -0.476 e. The third-order valence-electron chi connectivity index (χ3n) is 2.67. The Bertz CT molecular complexity index is 792. The van der Waals surface area contributed by atoms with Crippen LogP contribution in [0.5, 0.6) is 5.75 Å². The number of hydrazine groups is 1. The number of nitrogens with one attached hydrogen (secondary N) is 1. The Hall–Kier alpha value is -3.50. The summed E-state index contributed by atoms with van der Waals surface area (Å²) in [5, 5.41) is 8.84. The number of hydrogen-bond acceptors (Lipinski definition) is 6. The van der Waals surface area contributed by atoms with E-state index < -0.39 is 11.7 Å². The third-order valence-corrected chi connectivity index (χ3v) is 2.67. The fraction of sp³-hybridized carbons (Fsp3) is 0. The van der Waals surface area contributed by atoms with E-state index in [1.165, 1.54) is 0 Å². The number of carbonyl (C=O) groups is 1. The van der Waals surface area contributed by atoms with Crippen molar-refractivity contribution >= 4 is 5.97 Å². The number of nitrogens with zero attached hydrogens (tertiary/aromatic N) is 1. The maximum Gasteiger partial charge on any atom is 0.357 e. The summed E-state index contributed by atoms with van der Waals surface area (Å²) in [4.78, 5) is 14.8. The predicted octanol–water partition coefficient (Wildman–Crippen LogP) is 0.536. The summed E-state index contributed by atoms with van der Waals surface area (Å²) in [6, 6.07) is 10.4. The Morgan fingerprint density at radius 3 is 2.61 bits per heavy atom. The van der Waals surface area contributed by atoms with Gasteiger partial charge in [-0.15, -0.1) is 0 Å². The molecule has 2 rings (SSSR count). The number of carboxylic acid groups (broad SMARTS) is 1. The van der Waals surface area contributed by atoms with Crippen LogP contribution in [0.3, 0.4) is 0 Å². The van der Waals surface area contributed by atoms with Gasteiger partial charge in [0.25, 0.3) is 0 Å². The summed E-state index contributed by atoms with van der Waals surface area (Å²) < 4.78 is 5.34. The van der Waals surface area contributed by atoms with Gasteiger partial charge in [-0.3, -0.25) is 10.4 Å². The second kappa shape index (κ2) is 7.49. The second-order valence-corrected chi connectivity index (χ2v) is 4.31. The lowest BCUT2D eigenvalue weighted by Gasteiger charge is -2.10. The first-order chi connectivity index (χ1) is 11.1. The van der Waals surface area contributed by atoms with E-state index in [9.17, 15) is 4.79 Å². The number of hydrogen-bond donors (Lipinski definition) is 4. The molecule has 0 amide bonds. The molecule has 0 aliphatic carbocycles. The van der Waals surface area contributed by atoms with E-state index in [-0.39, 0.29) is 5.88 Å². The van der Waals surface area contributed by atoms with E-state index in [0.717, 1.165) is 5.56 Å². The molecule has 116 valence electrons. The van der Waals surface area contributed by atoms with Crippen LogP contribution in [0.2, 0.25) is 0 Å². The highest BCUT2D eigenvalue weighted by Crippen LogP contribution is 2.15. The zero-order chi connectivity index (χ0) is 16.7. The van der Waals surface area contributed by atoms with Crippen LogP contribution in [0, 0.1) is 11.8 Å². The normalized spacial score (nSPS) is 10.8. The second-order valence-electron chi connectivity index (χ2n) is 4.31. The van der Waals surface area contributed by atoms with E-state index in [1.807, 2.05) is 6.07 Å². The Kier molecular flexibility index (Phi) is 5.17. The van der Waals surface area contributed by atoms with Gasteiger partial charge in [0.05, 0.1) is 0 Å². The highest BCUT2D eigenvalue weighted by atomic mass is 16.5. The zero-order valence-electron chi connectivity index (χ0n) is 12.0. The molecule has 23 heavy (non-hydrogen) atoms. The number of aliphatic carboxylic acids is 1. The molecule has 0 saturated heterocycles. The van der Waals surface area contributed by atoms with Crippen LogP contribution in [0.25, 0.3) is 0 Å². The summed E-state index contributed by atoms with van der Waals surface area (Å²) in [5.41, 5.74) is 8.41. The highest BCUT2D eigenvalue weighted by molar-refractivity contribution is 5.85. The predicted molar refractivity (Wildman–Crippen MR) is 83.5 cm³/mol. The molecule has 0 spiro atoms. The molecule has 0 unspecified atom stereocenters. The molecule has 0 aliphatic rings. The third kappa shape index (κ3) is 4.49. The molecular weight excluding hydrogens is 296 g/mol. The van der Waals surface area contributed by atoms with Crippen molar-refractivity contribution in [2.45, 2.75) is 0 Å². The Balaban J connectivity index is 2.22. The minimum atomic E-state index is -1.34. The molecule has 0 saturated carbocycles. The monoisotopic (exact) mass is 310 g/mol. The molecule has 7 nitrogen and oxygen atoms in total. The first-order valence-electron chi connectivity index (χ1n) is 6.50. The van der Waals surface area contributed by atoms with Gasteiger partial charge in [-0.1, -0.05) is 17.9 Å². The molecular formula is C16H14N4O3. The molecule has 0 aliphatic heterocycles. The van der Waals surface area contributed by atoms with Crippen molar-refractivity contribution in [3.05, 3.63) is 71.5 Å². The lowest BCUT2D eigenvalue weighted by Crippen LogP contribution is -2.31. The standard InChI is InChI=1S/C16H14N4O3/c17-14(16(21)22)15(20-18)23-13-5-1-3-11(9-13)6-7-12-4-2-8-19-10-12/h1-5,8-10,20H,17-18H2,(H,21,22)/b15-14+. The van der Waals surface area contributed by atoms with E-state index in [2.05, 4.69) is 22.3 Å². The van der Waals surface area contributed by atoms with Crippen LogP contribution < -0.4 is 21.7 Å². The summed E-state index contributed by atoms with van der Waals surface area (Å²) >= 11 is 0. The van der Waals surface area contributed by atoms with Crippen LogP contribution >= 0.6 is 0 Å². The average Bonchev–Trinajstić information content (AvgIpc) is 2.58. The fourth-order valence-electron chi connectivity index (χ4n) is 1.60. The Morgan fingerprint density at radius 1 is 1.22 bits per heavy atom. The maximum absolute atomic E-state index is 10.8. The molecule has 7 heteroatoms. The van der Waals surface area contributed by atoms with Gasteiger partial charge in [0, 0.05) is 23.5 Å². The summed E-state index contributed by atoms with van der Waals surface area (Å²) in [6.45, 7) is 0. The summed E-state index contributed by atoms with van der Waals surface area (Å²) in [7, 11) is 0. The van der Waals surface area contributed by atoms with Crippen LogP contribution in [-0.4, -0.2) is 16.1 Å². The summed E-state index contributed by atoms with van der Waals surface area (Å²) in [6.07, 6.45) is 3.32.